The molecule has 1 N–H and O–H groups in total. The van der Waals surface area contributed by atoms with Crippen LogP contribution in [0, 0.1) is 0 Å². The highest BCUT2D eigenvalue weighted by Crippen LogP contribution is 2.12. The van der Waals surface area contributed by atoms with Crippen molar-refractivity contribution >= 4 is 12.4 Å². The molecule has 0 spiro atoms. The maximum Gasteiger partial charge on any atom is 0.333 e. The molecule has 0 aliphatic rings. The summed E-state index contributed by atoms with van der Waals surface area (Å²) in [6.07, 6.45) is 2.56. The van der Waals surface area contributed by atoms with E-state index in [1.54, 1.807) is 0 Å². The van der Waals surface area contributed by atoms with Gasteiger partial charge in [0, 0.05) is 0 Å². The van der Waals surface area contributed by atoms with Crippen LogP contribution in [0.15, 0.2) is 72.5 Å². The molecule has 0 saturated heterocycles. The van der Waals surface area contributed by atoms with Crippen LogP contribution in [0.2, 0.25) is 0 Å². The molecule has 0 aliphatic carbocycles. The number of amides is 1. The van der Waals surface area contributed by atoms with Crippen molar-refractivity contribution in [1.29, 1.82) is 0 Å². The van der Waals surface area contributed by atoms with Gasteiger partial charge < -0.3 is 14.8 Å². The molecule has 1 atom stereocenters. The fraction of sp³-hybridized carbons (Fsp3) is 0.238. The Morgan fingerprint density at radius 2 is 1.58 bits per heavy atom. The average molecular weight is 353 g/mol. The molecular weight excluding hydrogens is 330 g/mol. The summed E-state index contributed by atoms with van der Waals surface area (Å²) in [6, 6.07) is 18.2. The second-order valence-corrected chi connectivity index (χ2v) is 5.65. The minimum Gasteiger partial charge on any atom is -0.496 e. The number of esters is 1. The summed E-state index contributed by atoms with van der Waals surface area (Å²) in [6.45, 7) is 2.43. The molecule has 26 heavy (non-hydrogen) atoms. The molecule has 0 bridgehead atoms. The maximum absolute atomic E-state index is 12.4. The zero-order chi connectivity index (χ0) is 18.6. The third kappa shape index (κ3) is 6.09. The summed E-state index contributed by atoms with van der Waals surface area (Å²) in [4.78, 5) is 23.3. The predicted octanol–water partition coefficient (Wildman–Crippen LogP) is 3.36. The molecule has 1 amide bonds. The zero-order valence-electron chi connectivity index (χ0n) is 14.8. The fourth-order valence-electron chi connectivity index (χ4n) is 2.38. The standard InChI is InChI=1S/C21H23NO4/c1-2-19(15-25-13-17-9-5-3-6-10-17)20(22-16-23)21(24)26-14-18-11-7-4-8-12-18/h3-12,15-16,20H,2,13-14H2,1H3,(H,22,23)/b19-15+. The Labute approximate surface area is 153 Å². The molecule has 2 rings (SSSR count). The second kappa shape index (κ2) is 10.7. The van der Waals surface area contributed by atoms with Gasteiger partial charge in [0.25, 0.3) is 0 Å². The minimum atomic E-state index is -0.864. The number of nitrogens with one attached hydrogen (secondary N) is 1. The van der Waals surface area contributed by atoms with Gasteiger partial charge in [-0.25, -0.2) is 4.79 Å². The third-order valence-electron chi connectivity index (χ3n) is 3.80. The summed E-state index contributed by atoms with van der Waals surface area (Å²) in [7, 11) is 0. The first-order valence-corrected chi connectivity index (χ1v) is 8.49. The Morgan fingerprint density at radius 1 is 1.00 bits per heavy atom. The first-order chi connectivity index (χ1) is 12.7. The van der Waals surface area contributed by atoms with E-state index in [1.165, 1.54) is 6.26 Å². The molecule has 0 fully saturated rings. The van der Waals surface area contributed by atoms with Crippen molar-refractivity contribution in [2.75, 3.05) is 0 Å². The van der Waals surface area contributed by atoms with E-state index in [1.807, 2.05) is 67.6 Å². The van der Waals surface area contributed by atoms with Crippen LogP contribution in [-0.4, -0.2) is 18.4 Å². The molecule has 2 aromatic carbocycles. The van der Waals surface area contributed by atoms with Crippen LogP contribution in [0.25, 0.3) is 0 Å². The fourth-order valence-corrected chi connectivity index (χ4v) is 2.38. The quantitative estimate of drug-likeness (QED) is 0.404. The van der Waals surface area contributed by atoms with E-state index in [2.05, 4.69) is 5.32 Å². The Hall–Kier alpha value is -3.08. The van der Waals surface area contributed by atoms with Gasteiger partial charge in [-0.05, 0) is 23.1 Å². The molecule has 0 aromatic heterocycles. The van der Waals surface area contributed by atoms with Crippen LogP contribution < -0.4 is 5.32 Å². The lowest BCUT2D eigenvalue weighted by atomic mass is 10.1. The molecule has 1 unspecified atom stereocenters. The largest absolute Gasteiger partial charge is 0.496 e. The minimum absolute atomic E-state index is 0.151. The van der Waals surface area contributed by atoms with E-state index in [9.17, 15) is 9.59 Å². The molecule has 136 valence electrons. The second-order valence-electron chi connectivity index (χ2n) is 5.65. The van der Waals surface area contributed by atoms with E-state index >= 15 is 0 Å². The number of hydrogen-bond acceptors (Lipinski definition) is 4. The molecule has 0 radical (unpaired) electrons. The van der Waals surface area contributed by atoms with Crippen molar-refractivity contribution < 1.29 is 19.1 Å². The molecule has 0 heterocycles. The summed E-state index contributed by atoms with van der Waals surface area (Å²) in [5.41, 5.74) is 2.55. The van der Waals surface area contributed by atoms with Crippen LogP contribution in [0.4, 0.5) is 0 Å². The van der Waals surface area contributed by atoms with Crippen LogP contribution >= 0.6 is 0 Å². The lowest BCUT2D eigenvalue weighted by molar-refractivity contribution is -0.147. The number of hydrogen-bond donors (Lipinski definition) is 1. The highest BCUT2D eigenvalue weighted by atomic mass is 16.5. The monoisotopic (exact) mass is 353 g/mol. The molecule has 5 nitrogen and oxygen atoms in total. The van der Waals surface area contributed by atoms with Gasteiger partial charge in [0.05, 0.1) is 6.26 Å². The first kappa shape index (κ1) is 19.2. The van der Waals surface area contributed by atoms with Gasteiger partial charge in [0.1, 0.15) is 13.2 Å². The van der Waals surface area contributed by atoms with Gasteiger partial charge >= 0.3 is 5.97 Å². The number of carbonyl (C=O) groups is 2. The average Bonchev–Trinajstić information content (AvgIpc) is 2.69. The third-order valence-corrected chi connectivity index (χ3v) is 3.80. The Bertz CT molecular complexity index is 713. The predicted molar refractivity (Wildman–Crippen MR) is 98.8 cm³/mol. The Balaban J connectivity index is 1.98. The van der Waals surface area contributed by atoms with Crippen molar-refractivity contribution in [2.45, 2.75) is 32.6 Å². The summed E-state index contributed by atoms with van der Waals surface area (Å²) < 4.78 is 10.9. The lowest BCUT2D eigenvalue weighted by Crippen LogP contribution is -2.38. The van der Waals surface area contributed by atoms with E-state index in [4.69, 9.17) is 9.47 Å². The molecule has 0 saturated carbocycles. The number of rotatable bonds is 10. The SMILES string of the molecule is CC/C(=C\OCc1ccccc1)C(NC=O)C(=O)OCc1ccccc1. The van der Waals surface area contributed by atoms with Gasteiger partial charge in [0.2, 0.25) is 6.41 Å². The van der Waals surface area contributed by atoms with E-state index in [0.29, 0.717) is 25.0 Å². The summed E-state index contributed by atoms with van der Waals surface area (Å²) in [5, 5.41) is 2.51. The molecule has 5 heteroatoms. The Kier molecular flexibility index (Phi) is 7.93. The van der Waals surface area contributed by atoms with Crippen molar-refractivity contribution in [3.63, 3.8) is 0 Å². The molecule has 2 aromatic rings. The van der Waals surface area contributed by atoms with Crippen molar-refractivity contribution in [1.82, 2.24) is 5.32 Å². The highest BCUT2D eigenvalue weighted by molar-refractivity contribution is 5.81. The Morgan fingerprint density at radius 3 is 2.12 bits per heavy atom. The number of carbonyl (C=O) groups excluding carboxylic acids is 2. The number of ether oxygens (including phenoxy) is 2. The molecule has 0 aliphatic heterocycles. The summed E-state index contributed by atoms with van der Waals surface area (Å²) in [5.74, 6) is -0.516. The maximum atomic E-state index is 12.4. The van der Waals surface area contributed by atoms with Gasteiger partial charge in [-0.15, -0.1) is 0 Å². The van der Waals surface area contributed by atoms with E-state index in [0.717, 1.165) is 11.1 Å². The number of benzene rings is 2. The lowest BCUT2D eigenvalue weighted by Gasteiger charge is -2.18. The van der Waals surface area contributed by atoms with Crippen molar-refractivity contribution in [3.8, 4) is 0 Å². The van der Waals surface area contributed by atoms with Crippen LogP contribution in [0.5, 0.6) is 0 Å². The van der Waals surface area contributed by atoms with E-state index < -0.39 is 12.0 Å². The van der Waals surface area contributed by atoms with Crippen molar-refractivity contribution in [2.24, 2.45) is 0 Å². The van der Waals surface area contributed by atoms with Gasteiger partial charge in [-0.3, -0.25) is 4.79 Å². The molecular formula is C21H23NO4. The zero-order valence-corrected chi connectivity index (χ0v) is 14.8. The van der Waals surface area contributed by atoms with Gasteiger partial charge in [0.15, 0.2) is 6.04 Å². The van der Waals surface area contributed by atoms with Gasteiger partial charge in [-0.2, -0.15) is 0 Å². The van der Waals surface area contributed by atoms with Gasteiger partial charge in [-0.1, -0.05) is 67.6 Å². The van der Waals surface area contributed by atoms with E-state index in [-0.39, 0.29) is 6.61 Å². The van der Waals surface area contributed by atoms with Crippen LogP contribution in [0.3, 0.4) is 0 Å². The van der Waals surface area contributed by atoms with Crippen molar-refractivity contribution in [3.05, 3.63) is 83.6 Å². The normalized spacial score (nSPS) is 12.1. The summed E-state index contributed by atoms with van der Waals surface area (Å²) >= 11 is 0. The van der Waals surface area contributed by atoms with Crippen LogP contribution in [-0.2, 0) is 32.3 Å². The smallest absolute Gasteiger partial charge is 0.333 e. The van der Waals surface area contributed by atoms with Crippen LogP contribution in [0.1, 0.15) is 24.5 Å². The topological polar surface area (TPSA) is 64.6 Å². The highest BCUT2D eigenvalue weighted by Gasteiger charge is 2.23. The first-order valence-electron chi connectivity index (χ1n) is 8.49.